The number of benzene rings is 1. The summed E-state index contributed by atoms with van der Waals surface area (Å²) in [6.07, 6.45) is 0.267. The van der Waals surface area contributed by atoms with Crippen molar-refractivity contribution in [3.8, 4) is 11.4 Å². The molecule has 3 aromatic rings. The summed E-state index contributed by atoms with van der Waals surface area (Å²) in [5.74, 6) is 0.888. The third-order valence-corrected chi connectivity index (χ3v) is 5.23. The molecule has 26 heavy (non-hydrogen) atoms. The quantitative estimate of drug-likeness (QED) is 0.625. The Morgan fingerprint density at radius 3 is 2.88 bits per heavy atom. The van der Waals surface area contributed by atoms with Crippen molar-refractivity contribution in [3.63, 3.8) is 0 Å². The molecule has 0 atom stereocenters. The van der Waals surface area contributed by atoms with Gasteiger partial charge in [0, 0.05) is 24.4 Å². The number of nitrogens with zero attached hydrogens (tertiary/aromatic N) is 4. The maximum atomic E-state index is 12.2. The number of hydrogen-bond donors (Lipinski definition) is 2. The molecule has 0 fully saturated rings. The molecule has 7 nitrogen and oxygen atoms in total. The van der Waals surface area contributed by atoms with Crippen LogP contribution < -0.4 is 5.32 Å². The number of anilines is 1. The van der Waals surface area contributed by atoms with Gasteiger partial charge in [-0.25, -0.2) is 0 Å². The Kier molecular flexibility index (Phi) is 5.58. The molecule has 136 valence electrons. The van der Waals surface area contributed by atoms with E-state index < -0.39 is 0 Å². The molecule has 2 heterocycles. The lowest BCUT2D eigenvalue weighted by Crippen LogP contribution is -2.15. The van der Waals surface area contributed by atoms with E-state index in [-0.39, 0.29) is 12.3 Å². The molecule has 0 spiro atoms. The second kappa shape index (κ2) is 7.88. The van der Waals surface area contributed by atoms with E-state index in [9.17, 15) is 4.79 Å². The maximum Gasteiger partial charge on any atom is 0.227 e. The fraction of sp³-hybridized carbons (Fsp3) is 0.353. The minimum Gasteiger partial charge on any atom is -0.300 e. The molecular weight excluding hydrogens is 368 g/mol. The molecule has 0 radical (unpaired) electrons. The van der Waals surface area contributed by atoms with Gasteiger partial charge in [-0.15, -0.1) is 10.2 Å². The van der Waals surface area contributed by atoms with Crippen LogP contribution in [0.2, 0.25) is 0 Å². The van der Waals surface area contributed by atoms with Gasteiger partial charge in [-0.3, -0.25) is 14.5 Å². The van der Waals surface area contributed by atoms with Crippen molar-refractivity contribution in [2.75, 3.05) is 5.32 Å². The van der Waals surface area contributed by atoms with Crippen molar-refractivity contribution in [1.29, 1.82) is 0 Å². The fourth-order valence-electron chi connectivity index (χ4n) is 2.44. The summed E-state index contributed by atoms with van der Waals surface area (Å²) in [4.78, 5) is 12.2. The van der Waals surface area contributed by atoms with Gasteiger partial charge in [-0.2, -0.15) is 5.10 Å². The second-order valence-corrected chi connectivity index (χ2v) is 7.67. The lowest BCUT2D eigenvalue weighted by molar-refractivity contribution is -0.116. The summed E-state index contributed by atoms with van der Waals surface area (Å²) in [6, 6.07) is 8.01. The standard InChI is InChI=1S/C17H20N6OS2/c1-10(2)15-20-21-16(26-15)18-13(24)7-8-23-14(19-22-17(23)25)12-6-4-5-11(3)9-12/h4-6,9-10H,7-8H2,1-3H3,(H,22,25)(H,18,21,24). The van der Waals surface area contributed by atoms with Crippen LogP contribution in [0.3, 0.4) is 0 Å². The average Bonchev–Trinajstić information content (AvgIpc) is 3.20. The van der Waals surface area contributed by atoms with E-state index in [1.165, 1.54) is 11.3 Å². The van der Waals surface area contributed by atoms with Crippen LogP contribution in [-0.4, -0.2) is 30.9 Å². The molecule has 0 aliphatic rings. The summed E-state index contributed by atoms with van der Waals surface area (Å²) in [7, 11) is 0. The van der Waals surface area contributed by atoms with Gasteiger partial charge in [-0.1, -0.05) is 48.9 Å². The van der Waals surface area contributed by atoms with Crippen molar-refractivity contribution in [2.45, 2.75) is 39.7 Å². The Balaban J connectivity index is 1.69. The number of rotatable bonds is 6. The van der Waals surface area contributed by atoms with E-state index in [2.05, 4.69) is 25.7 Å². The van der Waals surface area contributed by atoms with Gasteiger partial charge in [0.25, 0.3) is 0 Å². The summed E-state index contributed by atoms with van der Waals surface area (Å²) in [5.41, 5.74) is 2.10. The second-order valence-electron chi connectivity index (χ2n) is 6.27. The van der Waals surface area contributed by atoms with Crippen LogP contribution >= 0.6 is 23.6 Å². The number of nitrogens with one attached hydrogen (secondary N) is 2. The number of carbonyl (C=O) groups excluding carboxylic acids is 1. The minimum atomic E-state index is -0.130. The number of aromatic amines is 1. The summed E-state index contributed by atoms with van der Waals surface area (Å²) < 4.78 is 2.33. The average molecular weight is 389 g/mol. The van der Waals surface area contributed by atoms with Crippen LogP contribution in [0.1, 0.15) is 36.8 Å². The lowest BCUT2D eigenvalue weighted by Gasteiger charge is -2.07. The van der Waals surface area contributed by atoms with Gasteiger partial charge < -0.3 is 5.32 Å². The summed E-state index contributed by atoms with van der Waals surface area (Å²) in [5, 5.41) is 19.4. The topological polar surface area (TPSA) is 88.5 Å². The molecule has 0 aliphatic heterocycles. The highest BCUT2D eigenvalue weighted by Crippen LogP contribution is 2.23. The Hall–Kier alpha value is -2.39. The van der Waals surface area contributed by atoms with Gasteiger partial charge >= 0.3 is 0 Å². The lowest BCUT2D eigenvalue weighted by atomic mass is 10.1. The van der Waals surface area contributed by atoms with Gasteiger partial charge in [0.05, 0.1) is 0 Å². The largest absolute Gasteiger partial charge is 0.300 e. The third kappa shape index (κ3) is 4.23. The molecule has 2 aromatic heterocycles. The van der Waals surface area contributed by atoms with E-state index in [0.717, 1.165) is 22.0 Å². The molecule has 1 amide bonds. The Labute approximate surface area is 160 Å². The number of H-pyrrole nitrogens is 1. The molecule has 0 saturated heterocycles. The Morgan fingerprint density at radius 2 is 2.19 bits per heavy atom. The van der Waals surface area contributed by atoms with Gasteiger partial charge in [0.15, 0.2) is 10.6 Å². The first-order valence-electron chi connectivity index (χ1n) is 8.29. The molecule has 0 unspecified atom stereocenters. The van der Waals surface area contributed by atoms with Crippen LogP contribution in [0.25, 0.3) is 11.4 Å². The SMILES string of the molecule is Cc1cccc(-c2n[nH]c(=S)n2CCC(=O)Nc2nnc(C(C)C)s2)c1. The van der Waals surface area contributed by atoms with Crippen LogP contribution in [0.15, 0.2) is 24.3 Å². The fourth-order valence-corrected chi connectivity index (χ4v) is 3.43. The molecular formula is C17H20N6OS2. The molecule has 1 aromatic carbocycles. The van der Waals surface area contributed by atoms with Crippen molar-refractivity contribution < 1.29 is 4.79 Å². The smallest absolute Gasteiger partial charge is 0.227 e. The third-order valence-electron chi connectivity index (χ3n) is 3.78. The van der Waals surface area contributed by atoms with E-state index in [1.807, 2.05) is 49.6 Å². The predicted octanol–water partition coefficient (Wildman–Crippen LogP) is 3.92. The minimum absolute atomic E-state index is 0.130. The number of aromatic nitrogens is 5. The number of amides is 1. The van der Waals surface area contributed by atoms with Crippen molar-refractivity contribution in [1.82, 2.24) is 25.0 Å². The van der Waals surface area contributed by atoms with Gasteiger partial charge in [0.2, 0.25) is 11.0 Å². The van der Waals surface area contributed by atoms with Gasteiger partial charge in [-0.05, 0) is 25.2 Å². The molecule has 0 saturated carbocycles. The molecule has 9 heteroatoms. The highest BCUT2D eigenvalue weighted by atomic mass is 32.1. The maximum absolute atomic E-state index is 12.2. The Morgan fingerprint density at radius 1 is 1.38 bits per heavy atom. The monoisotopic (exact) mass is 388 g/mol. The van der Waals surface area contributed by atoms with E-state index in [0.29, 0.717) is 22.4 Å². The van der Waals surface area contributed by atoms with E-state index in [1.54, 1.807) is 0 Å². The van der Waals surface area contributed by atoms with Crippen molar-refractivity contribution >= 4 is 34.6 Å². The van der Waals surface area contributed by atoms with Gasteiger partial charge in [0.1, 0.15) is 5.01 Å². The van der Waals surface area contributed by atoms with Crippen LogP contribution in [0, 0.1) is 11.7 Å². The molecule has 0 bridgehead atoms. The normalized spacial score (nSPS) is 11.1. The molecule has 0 aliphatic carbocycles. The number of hydrogen-bond acceptors (Lipinski definition) is 6. The molecule has 3 rings (SSSR count). The van der Waals surface area contributed by atoms with Crippen molar-refractivity contribution in [2.24, 2.45) is 0 Å². The summed E-state index contributed by atoms with van der Waals surface area (Å²) in [6.45, 7) is 6.54. The zero-order chi connectivity index (χ0) is 18.7. The first kappa shape index (κ1) is 18.4. The first-order chi connectivity index (χ1) is 12.4. The summed E-state index contributed by atoms with van der Waals surface area (Å²) >= 11 is 6.71. The van der Waals surface area contributed by atoms with Crippen LogP contribution in [0.5, 0.6) is 0 Å². The zero-order valence-electron chi connectivity index (χ0n) is 14.8. The predicted molar refractivity (Wildman–Crippen MR) is 105 cm³/mol. The first-order valence-corrected chi connectivity index (χ1v) is 9.52. The van der Waals surface area contributed by atoms with E-state index >= 15 is 0 Å². The Bertz CT molecular complexity index is 972. The number of aryl methyl sites for hydroxylation is 1. The van der Waals surface area contributed by atoms with Crippen LogP contribution in [0.4, 0.5) is 5.13 Å². The van der Waals surface area contributed by atoms with Crippen molar-refractivity contribution in [3.05, 3.63) is 39.6 Å². The van der Waals surface area contributed by atoms with E-state index in [4.69, 9.17) is 12.2 Å². The highest BCUT2D eigenvalue weighted by Gasteiger charge is 2.13. The van der Waals surface area contributed by atoms with Crippen LogP contribution in [-0.2, 0) is 11.3 Å². The zero-order valence-corrected chi connectivity index (χ0v) is 16.4. The highest BCUT2D eigenvalue weighted by molar-refractivity contribution is 7.71. The molecule has 2 N–H and O–H groups in total. The number of carbonyl (C=O) groups is 1.